The minimum atomic E-state index is -0.120. The van der Waals surface area contributed by atoms with Crippen molar-refractivity contribution in [2.45, 2.75) is 18.4 Å². The molecule has 2 heteroatoms. The molecule has 0 heterocycles. The van der Waals surface area contributed by atoms with Crippen molar-refractivity contribution in [1.29, 1.82) is 0 Å². The molecule has 0 aromatic heterocycles. The third-order valence-corrected chi connectivity index (χ3v) is 2.14. The van der Waals surface area contributed by atoms with E-state index < -0.39 is 0 Å². The van der Waals surface area contributed by atoms with E-state index in [-0.39, 0.29) is 17.8 Å². The highest BCUT2D eigenvalue weighted by Crippen LogP contribution is 2.39. The Bertz CT molecular complexity index is 272. The van der Waals surface area contributed by atoms with E-state index in [0.29, 0.717) is 0 Å². The van der Waals surface area contributed by atoms with E-state index >= 15 is 0 Å². The van der Waals surface area contributed by atoms with Gasteiger partial charge in [0.15, 0.2) is 0 Å². The summed E-state index contributed by atoms with van der Waals surface area (Å²) in [4.78, 5) is 0. The lowest BCUT2D eigenvalue weighted by atomic mass is 10.1. The Morgan fingerprint density at radius 3 is 2.55 bits per heavy atom. The van der Waals surface area contributed by atoms with Crippen LogP contribution in [0.3, 0.4) is 0 Å². The summed E-state index contributed by atoms with van der Waals surface area (Å²) in [5.74, 6) is 0.154. The summed E-state index contributed by atoms with van der Waals surface area (Å²) in [6.45, 7) is 0. The van der Waals surface area contributed by atoms with E-state index in [4.69, 9.17) is 5.73 Å². The standard InChI is InChI=1S/C9H10FN/c10-8-4-2-1-3-6(8)7-5-9(7)11/h1-4,7,9H,5,11H2/t7?,9-/m1/s1. The predicted octanol–water partition coefficient (Wildman–Crippen LogP) is 1.64. The number of rotatable bonds is 1. The second-order valence-corrected chi connectivity index (χ2v) is 3.03. The van der Waals surface area contributed by atoms with Crippen molar-refractivity contribution in [1.82, 2.24) is 0 Å². The van der Waals surface area contributed by atoms with Gasteiger partial charge in [0.05, 0.1) is 0 Å². The molecule has 1 aliphatic carbocycles. The molecule has 0 aliphatic heterocycles. The molecular weight excluding hydrogens is 141 g/mol. The molecular formula is C9H10FN. The van der Waals surface area contributed by atoms with Crippen LogP contribution in [0.2, 0.25) is 0 Å². The normalized spacial score (nSPS) is 28.5. The van der Waals surface area contributed by atoms with Gasteiger partial charge < -0.3 is 5.73 Å². The van der Waals surface area contributed by atoms with Crippen molar-refractivity contribution in [3.63, 3.8) is 0 Å². The summed E-state index contributed by atoms with van der Waals surface area (Å²) in [6, 6.07) is 7.04. The van der Waals surface area contributed by atoms with Gasteiger partial charge in [-0.25, -0.2) is 4.39 Å². The maximum absolute atomic E-state index is 13.0. The number of hydrogen-bond donors (Lipinski definition) is 1. The fraction of sp³-hybridized carbons (Fsp3) is 0.333. The average molecular weight is 151 g/mol. The Morgan fingerprint density at radius 2 is 2.00 bits per heavy atom. The van der Waals surface area contributed by atoms with Crippen LogP contribution >= 0.6 is 0 Å². The lowest BCUT2D eigenvalue weighted by Gasteiger charge is -1.98. The molecule has 0 radical (unpaired) electrons. The van der Waals surface area contributed by atoms with Gasteiger partial charge in [-0.05, 0) is 18.1 Å². The molecule has 11 heavy (non-hydrogen) atoms. The minimum Gasteiger partial charge on any atom is -0.327 e. The van der Waals surface area contributed by atoms with Crippen LogP contribution < -0.4 is 5.73 Å². The van der Waals surface area contributed by atoms with Crippen LogP contribution in [-0.4, -0.2) is 6.04 Å². The molecule has 1 aromatic rings. The lowest BCUT2D eigenvalue weighted by Crippen LogP contribution is -2.01. The number of nitrogens with two attached hydrogens (primary N) is 1. The van der Waals surface area contributed by atoms with Crippen LogP contribution in [0, 0.1) is 5.82 Å². The van der Waals surface area contributed by atoms with E-state index in [1.54, 1.807) is 6.07 Å². The van der Waals surface area contributed by atoms with Crippen molar-refractivity contribution < 1.29 is 4.39 Å². The Labute approximate surface area is 65.0 Å². The van der Waals surface area contributed by atoms with Gasteiger partial charge in [-0.15, -0.1) is 0 Å². The first-order chi connectivity index (χ1) is 5.29. The van der Waals surface area contributed by atoms with Crippen molar-refractivity contribution in [2.75, 3.05) is 0 Å². The zero-order chi connectivity index (χ0) is 7.84. The molecule has 1 nitrogen and oxygen atoms in total. The van der Waals surface area contributed by atoms with Gasteiger partial charge in [-0.2, -0.15) is 0 Å². The first kappa shape index (κ1) is 6.80. The summed E-state index contributed by atoms with van der Waals surface area (Å²) in [6.07, 6.45) is 0.931. The first-order valence-corrected chi connectivity index (χ1v) is 3.79. The van der Waals surface area contributed by atoms with Crippen molar-refractivity contribution in [3.05, 3.63) is 35.6 Å². The molecule has 1 unspecified atom stereocenters. The van der Waals surface area contributed by atoms with E-state index in [1.807, 2.05) is 12.1 Å². The van der Waals surface area contributed by atoms with Crippen LogP contribution in [0.25, 0.3) is 0 Å². The zero-order valence-corrected chi connectivity index (χ0v) is 6.13. The number of benzene rings is 1. The molecule has 0 bridgehead atoms. The molecule has 1 aliphatic rings. The maximum Gasteiger partial charge on any atom is 0.126 e. The average Bonchev–Trinajstić information content (AvgIpc) is 2.68. The predicted molar refractivity (Wildman–Crippen MR) is 41.7 cm³/mol. The molecule has 2 atom stereocenters. The summed E-state index contributed by atoms with van der Waals surface area (Å²) < 4.78 is 13.0. The third kappa shape index (κ3) is 1.14. The van der Waals surface area contributed by atoms with E-state index in [9.17, 15) is 4.39 Å². The Morgan fingerprint density at radius 1 is 1.36 bits per heavy atom. The molecule has 1 aromatic carbocycles. The van der Waals surface area contributed by atoms with Gasteiger partial charge in [0, 0.05) is 12.0 Å². The smallest absolute Gasteiger partial charge is 0.126 e. The number of halogens is 1. The highest BCUT2D eigenvalue weighted by atomic mass is 19.1. The van der Waals surface area contributed by atoms with Crippen LogP contribution in [0.4, 0.5) is 4.39 Å². The van der Waals surface area contributed by atoms with Crippen molar-refractivity contribution >= 4 is 0 Å². The fourth-order valence-electron chi connectivity index (χ4n) is 1.35. The summed E-state index contributed by atoms with van der Waals surface area (Å²) in [5.41, 5.74) is 6.38. The monoisotopic (exact) mass is 151 g/mol. The minimum absolute atomic E-state index is 0.120. The van der Waals surface area contributed by atoms with Gasteiger partial charge >= 0.3 is 0 Å². The fourth-order valence-corrected chi connectivity index (χ4v) is 1.35. The van der Waals surface area contributed by atoms with Crippen LogP contribution in [0.15, 0.2) is 24.3 Å². The van der Waals surface area contributed by atoms with E-state index in [0.717, 1.165) is 12.0 Å². The largest absolute Gasteiger partial charge is 0.327 e. The lowest BCUT2D eigenvalue weighted by molar-refractivity contribution is 0.609. The van der Waals surface area contributed by atoms with Gasteiger partial charge in [0.2, 0.25) is 0 Å². The Balaban J connectivity index is 2.31. The molecule has 1 saturated carbocycles. The van der Waals surface area contributed by atoms with Gasteiger partial charge in [0.25, 0.3) is 0 Å². The second kappa shape index (κ2) is 2.31. The topological polar surface area (TPSA) is 26.0 Å². The van der Waals surface area contributed by atoms with Crippen LogP contribution in [-0.2, 0) is 0 Å². The molecule has 0 spiro atoms. The molecule has 58 valence electrons. The maximum atomic E-state index is 13.0. The van der Waals surface area contributed by atoms with Gasteiger partial charge in [-0.3, -0.25) is 0 Å². The van der Waals surface area contributed by atoms with E-state index in [1.165, 1.54) is 6.07 Å². The molecule has 1 fully saturated rings. The second-order valence-electron chi connectivity index (χ2n) is 3.03. The highest BCUT2D eigenvalue weighted by Gasteiger charge is 2.36. The zero-order valence-electron chi connectivity index (χ0n) is 6.13. The quantitative estimate of drug-likeness (QED) is 0.648. The van der Waals surface area contributed by atoms with E-state index in [2.05, 4.69) is 0 Å². The summed E-state index contributed by atoms with van der Waals surface area (Å²) in [7, 11) is 0. The molecule has 2 rings (SSSR count). The van der Waals surface area contributed by atoms with Crippen molar-refractivity contribution in [3.8, 4) is 0 Å². The highest BCUT2D eigenvalue weighted by molar-refractivity contribution is 5.28. The third-order valence-electron chi connectivity index (χ3n) is 2.14. The Hall–Kier alpha value is -0.890. The number of hydrogen-bond acceptors (Lipinski definition) is 1. The van der Waals surface area contributed by atoms with Crippen LogP contribution in [0.1, 0.15) is 17.9 Å². The molecule has 0 amide bonds. The summed E-state index contributed by atoms with van der Waals surface area (Å²) >= 11 is 0. The van der Waals surface area contributed by atoms with Crippen LogP contribution in [0.5, 0.6) is 0 Å². The Kier molecular flexibility index (Phi) is 1.43. The first-order valence-electron chi connectivity index (χ1n) is 3.79. The van der Waals surface area contributed by atoms with Gasteiger partial charge in [-0.1, -0.05) is 18.2 Å². The van der Waals surface area contributed by atoms with Crippen molar-refractivity contribution in [2.24, 2.45) is 5.73 Å². The molecule has 2 N–H and O–H groups in total. The summed E-state index contributed by atoms with van der Waals surface area (Å²) in [5, 5.41) is 0. The SMILES string of the molecule is N[C@@H]1CC1c1ccccc1F. The van der Waals surface area contributed by atoms with Gasteiger partial charge in [0.1, 0.15) is 5.82 Å². The molecule has 0 saturated heterocycles.